The fourth-order valence-electron chi connectivity index (χ4n) is 1.39. The number of hydrogen-bond donors (Lipinski definition) is 3. The quantitative estimate of drug-likeness (QED) is 0.709. The van der Waals surface area contributed by atoms with Crippen LogP contribution in [0.2, 0.25) is 0 Å². The summed E-state index contributed by atoms with van der Waals surface area (Å²) >= 11 is 5.59. The molecule has 0 saturated heterocycles. The van der Waals surface area contributed by atoms with E-state index in [4.69, 9.17) is 0 Å². The summed E-state index contributed by atoms with van der Waals surface area (Å²) in [6, 6.07) is -0.790. The van der Waals surface area contributed by atoms with Gasteiger partial charge in [-0.25, -0.2) is 4.98 Å². The zero-order valence-corrected chi connectivity index (χ0v) is 12.3. The lowest BCUT2D eigenvalue weighted by Crippen LogP contribution is -2.47. The van der Waals surface area contributed by atoms with Crippen molar-refractivity contribution >= 4 is 35.8 Å². The molecule has 7 heteroatoms. The second kappa shape index (κ2) is 6.75. The van der Waals surface area contributed by atoms with Gasteiger partial charge in [-0.1, -0.05) is 0 Å². The first kappa shape index (κ1) is 15.0. The Bertz CT molecular complexity index is 434. The SMILES string of the molecule is CC(=O)NC(CS)C(=O)NC(C)c1ncc(C)s1. The number of amides is 2. The highest BCUT2D eigenvalue weighted by Gasteiger charge is 2.20. The zero-order valence-electron chi connectivity index (χ0n) is 10.6. The lowest BCUT2D eigenvalue weighted by molar-refractivity contribution is -0.127. The summed E-state index contributed by atoms with van der Waals surface area (Å²) in [5.41, 5.74) is 0. The van der Waals surface area contributed by atoms with E-state index in [9.17, 15) is 9.59 Å². The average molecular weight is 287 g/mol. The van der Waals surface area contributed by atoms with Crippen LogP contribution in [0, 0.1) is 6.92 Å². The van der Waals surface area contributed by atoms with Crippen LogP contribution in [0.5, 0.6) is 0 Å². The van der Waals surface area contributed by atoms with Gasteiger partial charge in [0, 0.05) is 23.8 Å². The van der Waals surface area contributed by atoms with Crippen molar-refractivity contribution in [2.24, 2.45) is 0 Å². The highest BCUT2D eigenvalue weighted by Crippen LogP contribution is 2.18. The number of aromatic nitrogens is 1. The average Bonchev–Trinajstić information content (AvgIpc) is 2.72. The van der Waals surface area contributed by atoms with Crippen LogP contribution in [0.1, 0.15) is 29.8 Å². The van der Waals surface area contributed by atoms with Crippen LogP contribution in [0.15, 0.2) is 6.20 Å². The largest absolute Gasteiger partial charge is 0.345 e. The molecule has 1 aromatic heterocycles. The summed E-state index contributed by atoms with van der Waals surface area (Å²) < 4.78 is 0. The third-order valence-corrected chi connectivity index (χ3v) is 3.71. The predicted molar refractivity (Wildman–Crippen MR) is 74.9 cm³/mol. The Morgan fingerprint density at radius 2 is 2.17 bits per heavy atom. The van der Waals surface area contributed by atoms with Gasteiger partial charge in [-0.05, 0) is 13.8 Å². The second-order valence-electron chi connectivity index (χ2n) is 3.98. The summed E-state index contributed by atoms with van der Waals surface area (Å²) in [6.07, 6.45) is 1.77. The minimum Gasteiger partial charge on any atom is -0.345 e. The fraction of sp³-hybridized carbons (Fsp3) is 0.545. The van der Waals surface area contributed by atoms with Gasteiger partial charge in [0.15, 0.2) is 0 Å². The molecule has 2 atom stereocenters. The molecule has 2 amide bonds. The van der Waals surface area contributed by atoms with Gasteiger partial charge in [0.1, 0.15) is 11.0 Å². The normalized spacial score (nSPS) is 13.8. The zero-order chi connectivity index (χ0) is 13.7. The monoisotopic (exact) mass is 287 g/mol. The molecule has 0 aliphatic heterocycles. The first-order valence-electron chi connectivity index (χ1n) is 5.54. The molecule has 1 rings (SSSR count). The Kier molecular flexibility index (Phi) is 5.61. The van der Waals surface area contributed by atoms with Gasteiger partial charge in [-0.2, -0.15) is 12.6 Å². The number of nitrogens with one attached hydrogen (secondary N) is 2. The van der Waals surface area contributed by atoms with Crippen LogP contribution in [-0.4, -0.2) is 28.6 Å². The number of carbonyl (C=O) groups is 2. The number of thiazole rings is 1. The minimum absolute atomic E-state index is 0.174. The highest BCUT2D eigenvalue weighted by atomic mass is 32.1. The van der Waals surface area contributed by atoms with Crippen LogP contribution in [0.3, 0.4) is 0 Å². The predicted octanol–water partition coefficient (Wildman–Crippen LogP) is 1.06. The molecule has 2 unspecified atom stereocenters. The van der Waals surface area contributed by atoms with Gasteiger partial charge >= 0.3 is 0 Å². The fourth-order valence-corrected chi connectivity index (χ4v) is 2.42. The van der Waals surface area contributed by atoms with Crippen molar-refractivity contribution in [2.45, 2.75) is 32.9 Å². The van der Waals surface area contributed by atoms with Gasteiger partial charge in [0.2, 0.25) is 11.8 Å². The van der Waals surface area contributed by atoms with Gasteiger partial charge in [-0.3, -0.25) is 9.59 Å². The van der Waals surface area contributed by atoms with E-state index < -0.39 is 6.04 Å². The Morgan fingerprint density at radius 1 is 1.50 bits per heavy atom. The standard InChI is InChI=1S/C11H17N3O2S2/c1-6-4-12-11(18-6)7(2)13-10(16)9(5-17)14-8(3)15/h4,7,9,17H,5H2,1-3H3,(H,13,16)(H,14,15). The third-order valence-electron chi connectivity index (χ3n) is 2.24. The van der Waals surface area contributed by atoms with E-state index in [1.807, 2.05) is 13.8 Å². The molecule has 0 spiro atoms. The number of hydrogen-bond acceptors (Lipinski definition) is 5. The molecule has 18 heavy (non-hydrogen) atoms. The van der Waals surface area contributed by atoms with Crippen molar-refractivity contribution in [3.8, 4) is 0 Å². The van der Waals surface area contributed by atoms with E-state index in [0.717, 1.165) is 9.88 Å². The number of nitrogens with zero attached hydrogens (tertiary/aromatic N) is 1. The highest BCUT2D eigenvalue weighted by molar-refractivity contribution is 7.80. The van der Waals surface area contributed by atoms with Crippen LogP contribution in [0.4, 0.5) is 0 Å². The topological polar surface area (TPSA) is 71.1 Å². The van der Waals surface area contributed by atoms with Crippen LogP contribution in [-0.2, 0) is 9.59 Å². The summed E-state index contributed by atoms with van der Waals surface area (Å²) in [5.74, 6) is -0.239. The van der Waals surface area contributed by atoms with E-state index in [2.05, 4.69) is 28.2 Å². The molecule has 0 aliphatic carbocycles. The molecule has 100 valence electrons. The van der Waals surface area contributed by atoms with Crippen molar-refractivity contribution in [3.05, 3.63) is 16.1 Å². The lowest BCUT2D eigenvalue weighted by atomic mass is 10.2. The van der Waals surface area contributed by atoms with Crippen molar-refractivity contribution in [1.29, 1.82) is 0 Å². The molecule has 0 bridgehead atoms. The molecular weight excluding hydrogens is 270 g/mol. The summed E-state index contributed by atoms with van der Waals surface area (Å²) in [4.78, 5) is 28.2. The third kappa shape index (κ3) is 4.30. The molecule has 0 aromatic carbocycles. The number of rotatable bonds is 5. The maximum absolute atomic E-state index is 11.9. The smallest absolute Gasteiger partial charge is 0.243 e. The second-order valence-corrected chi connectivity index (χ2v) is 5.61. The van der Waals surface area contributed by atoms with E-state index >= 15 is 0 Å². The first-order valence-corrected chi connectivity index (χ1v) is 6.99. The maximum Gasteiger partial charge on any atom is 0.243 e. The Labute approximate surface area is 116 Å². The van der Waals surface area contributed by atoms with Gasteiger partial charge in [0.05, 0.1) is 6.04 Å². The summed E-state index contributed by atoms with van der Waals surface area (Å²) in [6.45, 7) is 5.19. The Hall–Kier alpha value is -1.08. The molecule has 0 saturated carbocycles. The summed E-state index contributed by atoms with van der Waals surface area (Å²) in [7, 11) is 0. The minimum atomic E-state index is -0.616. The van der Waals surface area contributed by atoms with Crippen molar-refractivity contribution in [3.63, 3.8) is 0 Å². The van der Waals surface area contributed by atoms with Crippen LogP contribution in [0.25, 0.3) is 0 Å². The van der Waals surface area contributed by atoms with Gasteiger partial charge in [-0.15, -0.1) is 11.3 Å². The van der Waals surface area contributed by atoms with E-state index in [-0.39, 0.29) is 23.6 Å². The molecule has 0 radical (unpaired) electrons. The molecule has 5 nitrogen and oxygen atoms in total. The Balaban J connectivity index is 2.60. The molecule has 1 heterocycles. The molecule has 0 aliphatic rings. The summed E-state index contributed by atoms with van der Waals surface area (Å²) in [5, 5.41) is 6.21. The molecule has 0 fully saturated rings. The Morgan fingerprint density at radius 3 is 2.61 bits per heavy atom. The van der Waals surface area contributed by atoms with Crippen molar-refractivity contribution in [1.82, 2.24) is 15.6 Å². The molecule has 1 aromatic rings. The molecule has 2 N–H and O–H groups in total. The van der Waals surface area contributed by atoms with Gasteiger partial charge in [0.25, 0.3) is 0 Å². The van der Waals surface area contributed by atoms with E-state index in [1.165, 1.54) is 18.3 Å². The lowest BCUT2D eigenvalue weighted by Gasteiger charge is -2.18. The number of aryl methyl sites for hydroxylation is 1. The maximum atomic E-state index is 11.9. The first-order chi connectivity index (χ1) is 8.43. The van der Waals surface area contributed by atoms with Crippen LogP contribution >= 0.6 is 24.0 Å². The van der Waals surface area contributed by atoms with E-state index in [0.29, 0.717) is 0 Å². The number of thiol groups is 1. The number of carbonyl (C=O) groups excluding carboxylic acids is 2. The van der Waals surface area contributed by atoms with Gasteiger partial charge < -0.3 is 10.6 Å². The molecular formula is C11H17N3O2S2. The van der Waals surface area contributed by atoms with E-state index in [1.54, 1.807) is 6.20 Å². The van der Waals surface area contributed by atoms with Crippen LogP contribution < -0.4 is 10.6 Å². The van der Waals surface area contributed by atoms with Crippen molar-refractivity contribution < 1.29 is 9.59 Å². The van der Waals surface area contributed by atoms with Crippen molar-refractivity contribution in [2.75, 3.05) is 5.75 Å².